The van der Waals surface area contributed by atoms with Gasteiger partial charge in [0.25, 0.3) is 0 Å². The molecule has 0 amide bonds. The molecular formula is C14H27NO3. The van der Waals surface area contributed by atoms with Crippen LogP contribution in [-0.4, -0.2) is 31.3 Å². The van der Waals surface area contributed by atoms with Gasteiger partial charge < -0.3 is 15.2 Å². The number of rotatable bonds is 8. The second-order valence-corrected chi connectivity index (χ2v) is 5.11. The maximum Gasteiger partial charge on any atom is 0.335 e. The normalized spacial score (nSPS) is 25.1. The summed E-state index contributed by atoms with van der Waals surface area (Å²) in [6.45, 7) is 5.34. The molecule has 18 heavy (non-hydrogen) atoms. The van der Waals surface area contributed by atoms with Crippen molar-refractivity contribution >= 4 is 5.97 Å². The quantitative estimate of drug-likeness (QED) is 0.677. The first kappa shape index (κ1) is 15.4. The van der Waals surface area contributed by atoms with Crippen molar-refractivity contribution in [1.82, 2.24) is 0 Å². The Morgan fingerprint density at radius 1 is 1.44 bits per heavy atom. The summed E-state index contributed by atoms with van der Waals surface area (Å²) in [6.07, 6.45) is 5.84. The summed E-state index contributed by atoms with van der Waals surface area (Å²) in [5, 5.41) is 0. The number of nitrogens with two attached hydrogens (primary N) is 1. The lowest BCUT2D eigenvalue weighted by molar-refractivity contribution is -0.157. The van der Waals surface area contributed by atoms with Gasteiger partial charge in [-0.05, 0) is 25.2 Å². The zero-order valence-electron chi connectivity index (χ0n) is 11.7. The minimum Gasteiger partial charge on any atom is -0.463 e. The van der Waals surface area contributed by atoms with Crippen molar-refractivity contribution in [3.63, 3.8) is 0 Å². The van der Waals surface area contributed by atoms with Crippen molar-refractivity contribution in [3.05, 3.63) is 0 Å². The van der Waals surface area contributed by atoms with Gasteiger partial charge in [0.1, 0.15) is 0 Å². The number of hydrogen-bond donors (Lipinski definition) is 1. The van der Waals surface area contributed by atoms with Crippen LogP contribution in [0.3, 0.4) is 0 Å². The predicted octanol–water partition coefficient (Wildman–Crippen LogP) is 2.25. The van der Waals surface area contributed by atoms with Crippen molar-refractivity contribution in [2.75, 3.05) is 13.2 Å². The summed E-state index contributed by atoms with van der Waals surface area (Å²) in [6, 6.07) is 0. The highest BCUT2D eigenvalue weighted by Gasteiger charge is 2.31. The molecule has 4 heteroatoms. The van der Waals surface area contributed by atoms with E-state index < -0.39 is 0 Å². The van der Waals surface area contributed by atoms with Gasteiger partial charge in [-0.15, -0.1) is 0 Å². The molecule has 0 aromatic heterocycles. The number of unbranched alkanes of at least 4 members (excludes halogenated alkanes) is 1. The van der Waals surface area contributed by atoms with Gasteiger partial charge in [-0.2, -0.15) is 0 Å². The molecule has 1 heterocycles. The second-order valence-electron chi connectivity index (χ2n) is 5.11. The van der Waals surface area contributed by atoms with Gasteiger partial charge in [0.15, 0.2) is 6.10 Å². The van der Waals surface area contributed by atoms with Crippen molar-refractivity contribution in [1.29, 1.82) is 0 Å². The first-order valence-electron chi connectivity index (χ1n) is 7.23. The van der Waals surface area contributed by atoms with Crippen LogP contribution in [0, 0.1) is 5.92 Å². The lowest BCUT2D eigenvalue weighted by atomic mass is 10.0. The van der Waals surface area contributed by atoms with E-state index in [2.05, 4.69) is 13.8 Å². The minimum absolute atomic E-state index is 0.0320. The predicted molar refractivity (Wildman–Crippen MR) is 71.2 cm³/mol. The summed E-state index contributed by atoms with van der Waals surface area (Å²) >= 11 is 0. The fraction of sp³-hybridized carbons (Fsp3) is 0.929. The molecule has 0 aliphatic carbocycles. The third-order valence-electron chi connectivity index (χ3n) is 3.64. The average Bonchev–Trinajstić information content (AvgIpc) is 2.87. The molecule has 106 valence electrons. The molecule has 0 aromatic rings. The molecule has 0 saturated carbocycles. The van der Waals surface area contributed by atoms with Crippen molar-refractivity contribution < 1.29 is 14.3 Å². The minimum atomic E-state index is -0.387. The standard InChI is InChI=1S/C14H27NO3/c1-3-5-6-11(4-2)10-17-14(16)13-8-7-12(9-15)18-13/h11-13H,3-10,15H2,1-2H3. The molecule has 3 unspecified atom stereocenters. The number of hydrogen-bond acceptors (Lipinski definition) is 4. The molecule has 3 atom stereocenters. The van der Waals surface area contributed by atoms with E-state index >= 15 is 0 Å². The van der Waals surface area contributed by atoms with Crippen LogP contribution in [0.2, 0.25) is 0 Å². The maximum atomic E-state index is 11.8. The lowest BCUT2D eigenvalue weighted by Gasteiger charge is -2.17. The van der Waals surface area contributed by atoms with Crippen LogP contribution in [0.25, 0.3) is 0 Å². The van der Waals surface area contributed by atoms with Gasteiger partial charge in [0, 0.05) is 6.54 Å². The Kier molecular flexibility index (Phi) is 7.28. The van der Waals surface area contributed by atoms with Crippen LogP contribution in [-0.2, 0) is 14.3 Å². The largest absolute Gasteiger partial charge is 0.463 e. The van der Waals surface area contributed by atoms with Crippen molar-refractivity contribution in [2.24, 2.45) is 11.7 Å². The molecule has 2 N–H and O–H groups in total. The van der Waals surface area contributed by atoms with Gasteiger partial charge in [-0.1, -0.05) is 33.1 Å². The number of carbonyl (C=O) groups excluding carboxylic acids is 1. The number of ether oxygens (including phenoxy) is 2. The van der Waals surface area contributed by atoms with Crippen molar-refractivity contribution in [3.8, 4) is 0 Å². The van der Waals surface area contributed by atoms with Gasteiger partial charge in [-0.3, -0.25) is 0 Å². The number of esters is 1. The maximum absolute atomic E-state index is 11.8. The Balaban J connectivity index is 2.23. The fourth-order valence-corrected chi connectivity index (χ4v) is 2.24. The van der Waals surface area contributed by atoms with Crippen LogP contribution in [0.1, 0.15) is 52.4 Å². The van der Waals surface area contributed by atoms with E-state index in [0.717, 1.165) is 25.7 Å². The molecule has 0 bridgehead atoms. The number of carbonyl (C=O) groups is 1. The molecule has 1 rings (SSSR count). The van der Waals surface area contributed by atoms with E-state index in [-0.39, 0.29) is 18.2 Å². The van der Waals surface area contributed by atoms with E-state index in [0.29, 0.717) is 19.1 Å². The zero-order chi connectivity index (χ0) is 13.4. The van der Waals surface area contributed by atoms with Gasteiger partial charge in [0.05, 0.1) is 12.7 Å². The smallest absolute Gasteiger partial charge is 0.335 e. The summed E-state index contributed by atoms with van der Waals surface area (Å²) in [4.78, 5) is 11.8. The van der Waals surface area contributed by atoms with Crippen molar-refractivity contribution in [2.45, 2.75) is 64.6 Å². The Morgan fingerprint density at radius 2 is 2.22 bits per heavy atom. The lowest BCUT2D eigenvalue weighted by Crippen LogP contribution is -2.28. The molecule has 0 aromatic carbocycles. The third kappa shape index (κ3) is 4.94. The monoisotopic (exact) mass is 257 g/mol. The average molecular weight is 257 g/mol. The second kappa shape index (κ2) is 8.48. The molecule has 1 fully saturated rings. The third-order valence-corrected chi connectivity index (χ3v) is 3.64. The van der Waals surface area contributed by atoms with Crippen LogP contribution in [0.15, 0.2) is 0 Å². The van der Waals surface area contributed by atoms with Gasteiger partial charge >= 0.3 is 5.97 Å². The van der Waals surface area contributed by atoms with E-state index in [1.807, 2.05) is 0 Å². The van der Waals surface area contributed by atoms with E-state index in [4.69, 9.17) is 15.2 Å². The molecule has 1 aliphatic rings. The fourth-order valence-electron chi connectivity index (χ4n) is 2.24. The summed E-state index contributed by atoms with van der Waals surface area (Å²) in [5.41, 5.74) is 5.52. The Labute approximate surface area is 110 Å². The highest BCUT2D eigenvalue weighted by molar-refractivity contribution is 5.75. The summed E-state index contributed by atoms with van der Waals surface area (Å²) < 4.78 is 10.9. The Hall–Kier alpha value is -0.610. The molecule has 4 nitrogen and oxygen atoms in total. The Bertz CT molecular complexity index is 245. The molecule has 1 aliphatic heterocycles. The highest BCUT2D eigenvalue weighted by Crippen LogP contribution is 2.21. The summed E-state index contributed by atoms with van der Waals surface area (Å²) in [7, 11) is 0. The SMILES string of the molecule is CCCCC(CC)COC(=O)C1CCC(CN)O1. The highest BCUT2D eigenvalue weighted by atomic mass is 16.6. The van der Waals surface area contributed by atoms with E-state index in [1.54, 1.807) is 0 Å². The molecule has 0 spiro atoms. The zero-order valence-corrected chi connectivity index (χ0v) is 11.7. The topological polar surface area (TPSA) is 61.5 Å². The summed E-state index contributed by atoms with van der Waals surface area (Å²) in [5.74, 6) is 0.279. The van der Waals surface area contributed by atoms with Crippen LogP contribution in [0.4, 0.5) is 0 Å². The van der Waals surface area contributed by atoms with Crippen LogP contribution >= 0.6 is 0 Å². The van der Waals surface area contributed by atoms with Crippen LogP contribution in [0.5, 0.6) is 0 Å². The Morgan fingerprint density at radius 3 is 2.78 bits per heavy atom. The first-order chi connectivity index (χ1) is 8.71. The molecular weight excluding hydrogens is 230 g/mol. The molecule has 0 radical (unpaired) electrons. The van der Waals surface area contributed by atoms with Gasteiger partial charge in [0.2, 0.25) is 0 Å². The van der Waals surface area contributed by atoms with Gasteiger partial charge in [-0.25, -0.2) is 4.79 Å². The molecule has 1 saturated heterocycles. The van der Waals surface area contributed by atoms with E-state index in [1.165, 1.54) is 12.8 Å². The first-order valence-corrected chi connectivity index (χ1v) is 7.23. The van der Waals surface area contributed by atoms with Crippen LogP contribution < -0.4 is 5.73 Å². The van der Waals surface area contributed by atoms with E-state index in [9.17, 15) is 4.79 Å².